The van der Waals surface area contributed by atoms with Crippen molar-refractivity contribution in [3.05, 3.63) is 48.2 Å². The number of hydrogen-bond donors (Lipinski definition) is 1. The molecule has 1 aromatic carbocycles. The Balaban J connectivity index is 1.58. The molecule has 22 heavy (non-hydrogen) atoms. The van der Waals surface area contributed by atoms with Crippen LogP contribution in [0.4, 0.5) is 0 Å². The number of rotatable bonds is 4. The first-order valence-electron chi connectivity index (χ1n) is 7.88. The summed E-state index contributed by atoms with van der Waals surface area (Å²) in [6, 6.07) is 14.2. The largest absolute Gasteiger partial charge is 0.461 e. The molecule has 1 fully saturated rings. The summed E-state index contributed by atoms with van der Waals surface area (Å²) in [4.78, 5) is 14.3. The SMILES string of the molecule is C[C@H]1CNCCN1C(=O)CCc1ccc(-c2ccccc2)o1. The Hall–Kier alpha value is -2.07. The summed E-state index contributed by atoms with van der Waals surface area (Å²) in [5.74, 6) is 1.94. The molecule has 0 bridgehead atoms. The van der Waals surface area contributed by atoms with Crippen LogP contribution in [0.2, 0.25) is 0 Å². The number of piperazine rings is 1. The Morgan fingerprint density at radius 3 is 2.86 bits per heavy atom. The molecule has 1 aromatic heterocycles. The molecule has 1 aliphatic heterocycles. The van der Waals surface area contributed by atoms with Crippen LogP contribution >= 0.6 is 0 Å². The van der Waals surface area contributed by atoms with E-state index in [0.29, 0.717) is 12.8 Å². The van der Waals surface area contributed by atoms with Gasteiger partial charge in [0, 0.05) is 44.1 Å². The predicted molar refractivity (Wildman–Crippen MR) is 86.5 cm³/mol. The second-order valence-electron chi connectivity index (χ2n) is 5.77. The Morgan fingerprint density at radius 2 is 2.09 bits per heavy atom. The lowest BCUT2D eigenvalue weighted by atomic mass is 10.1. The van der Waals surface area contributed by atoms with Gasteiger partial charge in [-0.3, -0.25) is 4.79 Å². The van der Waals surface area contributed by atoms with E-state index in [1.807, 2.05) is 47.4 Å². The lowest BCUT2D eigenvalue weighted by Crippen LogP contribution is -2.52. The maximum Gasteiger partial charge on any atom is 0.223 e. The van der Waals surface area contributed by atoms with Crippen molar-refractivity contribution in [3.8, 4) is 11.3 Å². The van der Waals surface area contributed by atoms with Crippen molar-refractivity contribution in [1.82, 2.24) is 10.2 Å². The standard InChI is InChI=1S/C18H22N2O2/c1-14-13-19-11-12-20(14)18(21)10-8-16-7-9-17(22-16)15-5-3-2-4-6-15/h2-7,9,14,19H,8,10-13H2,1H3/t14-/m0/s1. The first-order valence-corrected chi connectivity index (χ1v) is 7.88. The Kier molecular flexibility index (Phi) is 4.59. The number of amides is 1. The fraction of sp³-hybridized carbons (Fsp3) is 0.389. The zero-order chi connectivity index (χ0) is 15.4. The number of nitrogens with zero attached hydrogens (tertiary/aromatic N) is 1. The van der Waals surface area contributed by atoms with E-state index in [9.17, 15) is 4.79 Å². The normalized spacial score (nSPS) is 18.4. The van der Waals surface area contributed by atoms with Crippen LogP contribution in [0.1, 0.15) is 19.1 Å². The number of carbonyl (C=O) groups is 1. The van der Waals surface area contributed by atoms with E-state index in [1.165, 1.54) is 0 Å². The third kappa shape index (κ3) is 3.39. The van der Waals surface area contributed by atoms with Crippen LogP contribution in [-0.4, -0.2) is 36.5 Å². The molecule has 0 spiro atoms. The summed E-state index contributed by atoms with van der Waals surface area (Å²) < 4.78 is 5.85. The van der Waals surface area contributed by atoms with Gasteiger partial charge in [0.2, 0.25) is 5.91 Å². The summed E-state index contributed by atoms with van der Waals surface area (Å²) in [5, 5.41) is 3.30. The van der Waals surface area contributed by atoms with Crippen molar-refractivity contribution in [1.29, 1.82) is 0 Å². The molecule has 1 amide bonds. The average Bonchev–Trinajstić information content (AvgIpc) is 3.03. The summed E-state index contributed by atoms with van der Waals surface area (Å²) >= 11 is 0. The third-order valence-electron chi connectivity index (χ3n) is 4.13. The minimum Gasteiger partial charge on any atom is -0.461 e. The van der Waals surface area contributed by atoms with Crippen LogP contribution in [0.3, 0.4) is 0 Å². The van der Waals surface area contributed by atoms with Gasteiger partial charge in [0.15, 0.2) is 0 Å². The number of benzene rings is 1. The molecule has 116 valence electrons. The molecule has 0 aliphatic carbocycles. The van der Waals surface area contributed by atoms with Crippen molar-refractivity contribution >= 4 is 5.91 Å². The highest BCUT2D eigenvalue weighted by molar-refractivity contribution is 5.77. The minimum absolute atomic E-state index is 0.215. The zero-order valence-electron chi connectivity index (χ0n) is 12.9. The molecule has 1 saturated heterocycles. The highest BCUT2D eigenvalue weighted by atomic mass is 16.3. The number of hydrogen-bond acceptors (Lipinski definition) is 3. The fourth-order valence-corrected chi connectivity index (χ4v) is 2.86. The maximum atomic E-state index is 12.3. The van der Waals surface area contributed by atoms with E-state index in [0.717, 1.165) is 36.7 Å². The van der Waals surface area contributed by atoms with E-state index in [-0.39, 0.29) is 11.9 Å². The molecular formula is C18H22N2O2. The molecular weight excluding hydrogens is 276 g/mol. The van der Waals surface area contributed by atoms with Crippen LogP contribution in [0, 0.1) is 0 Å². The smallest absolute Gasteiger partial charge is 0.223 e. The van der Waals surface area contributed by atoms with Gasteiger partial charge in [0.1, 0.15) is 11.5 Å². The number of furan rings is 1. The summed E-state index contributed by atoms with van der Waals surface area (Å²) in [7, 11) is 0. The van der Waals surface area contributed by atoms with Crippen molar-refractivity contribution < 1.29 is 9.21 Å². The first-order chi connectivity index (χ1) is 10.7. The van der Waals surface area contributed by atoms with E-state index in [4.69, 9.17) is 4.42 Å². The molecule has 0 radical (unpaired) electrons. The van der Waals surface area contributed by atoms with Crippen LogP contribution in [0.15, 0.2) is 46.9 Å². The molecule has 1 N–H and O–H groups in total. The second kappa shape index (κ2) is 6.79. The van der Waals surface area contributed by atoms with Gasteiger partial charge in [-0.25, -0.2) is 0 Å². The molecule has 1 aliphatic rings. The molecule has 4 nitrogen and oxygen atoms in total. The predicted octanol–water partition coefficient (Wildman–Crippen LogP) is 2.70. The second-order valence-corrected chi connectivity index (χ2v) is 5.77. The van der Waals surface area contributed by atoms with Crippen molar-refractivity contribution in [2.75, 3.05) is 19.6 Å². The highest BCUT2D eigenvalue weighted by Gasteiger charge is 2.22. The molecule has 2 aromatic rings. The summed E-state index contributed by atoms with van der Waals surface area (Å²) in [5.41, 5.74) is 1.07. The van der Waals surface area contributed by atoms with E-state index in [2.05, 4.69) is 12.2 Å². The number of carbonyl (C=O) groups excluding carboxylic acids is 1. The van der Waals surface area contributed by atoms with Gasteiger partial charge in [0.05, 0.1) is 0 Å². The maximum absolute atomic E-state index is 12.3. The average molecular weight is 298 g/mol. The van der Waals surface area contributed by atoms with Crippen molar-refractivity contribution in [2.45, 2.75) is 25.8 Å². The molecule has 1 atom stereocenters. The molecule has 3 rings (SSSR count). The zero-order valence-corrected chi connectivity index (χ0v) is 12.9. The first kappa shape index (κ1) is 14.9. The summed E-state index contributed by atoms with van der Waals surface area (Å²) in [6.07, 6.45) is 1.16. The quantitative estimate of drug-likeness (QED) is 0.944. The molecule has 4 heteroatoms. The van der Waals surface area contributed by atoms with E-state index < -0.39 is 0 Å². The fourth-order valence-electron chi connectivity index (χ4n) is 2.86. The van der Waals surface area contributed by atoms with Gasteiger partial charge in [0.25, 0.3) is 0 Å². The van der Waals surface area contributed by atoms with Gasteiger partial charge in [-0.1, -0.05) is 30.3 Å². The third-order valence-corrected chi connectivity index (χ3v) is 4.13. The van der Waals surface area contributed by atoms with Crippen LogP contribution in [0.25, 0.3) is 11.3 Å². The minimum atomic E-state index is 0.215. The molecule has 0 unspecified atom stereocenters. The van der Waals surface area contributed by atoms with Gasteiger partial charge >= 0.3 is 0 Å². The Labute approximate surface area is 131 Å². The monoisotopic (exact) mass is 298 g/mol. The molecule has 0 saturated carbocycles. The van der Waals surface area contributed by atoms with E-state index in [1.54, 1.807) is 0 Å². The topological polar surface area (TPSA) is 45.5 Å². The Morgan fingerprint density at radius 1 is 1.27 bits per heavy atom. The lowest BCUT2D eigenvalue weighted by molar-refractivity contribution is -0.133. The van der Waals surface area contributed by atoms with E-state index >= 15 is 0 Å². The van der Waals surface area contributed by atoms with Gasteiger partial charge in [-0.2, -0.15) is 0 Å². The highest BCUT2D eigenvalue weighted by Crippen LogP contribution is 2.22. The van der Waals surface area contributed by atoms with Crippen molar-refractivity contribution in [3.63, 3.8) is 0 Å². The number of nitrogens with one attached hydrogen (secondary N) is 1. The summed E-state index contributed by atoms with van der Waals surface area (Å²) in [6.45, 7) is 4.65. The van der Waals surface area contributed by atoms with Crippen LogP contribution in [0.5, 0.6) is 0 Å². The lowest BCUT2D eigenvalue weighted by Gasteiger charge is -2.34. The van der Waals surface area contributed by atoms with Crippen LogP contribution in [-0.2, 0) is 11.2 Å². The van der Waals surface area contributed by atoms with Gasteiger partial charge in [-0.05, 0) is 19.1 Å². The van der Waals surface area contributed by atoms with Gasteiger partial charge < -0.3 is 14.6 Å². The molecule has 2 heterocycles. The van der Waals surface area contributed by atoms with Crippen molar-refractivity contribution in [2.24, 2.45) is 0 Å². The number of aryl methyl sites for hydroxylation is 1. The van der Waals surface area contributed by atoms with Crippen LogP contribution < -0.4 is 5.32 Å². The Bertz CT molecular complexity index is 621. The van der Waals surface area contributed by atoms with Gasteiger partial charge in [-0.15, -0.1) is 0 Å².